The summed E-state index contributed by atoms with van der Waals surface area (Å²) in [7, 11) is 1.60. The van der Waals surface area contributed by atoms with Crippen molar-refractivity contribution in [2.24, 2.45) is 11.8 Å². The second-order valence-corrected chi connectivity index (χ2v) is 5.44. The maximum Gasteiger partial charge on any atom is 0.246 e. The molecule has 2 unspecified atom stereocenters. The molecule has 0 aromatic carbocycles. The van der Waals surface area contributed by atoms with Crippen LogP contribution in [0.3, 0.4) is 0 Å². The highest BCUT2D eigenvalue weighted by molar-refractivity contribution is 5.97. The number of piperazine rings is 1. The lowest BCUT2D eigenvalue weighted by molar-refractivity contribution is -0.153. The molecule has 1 aliphatic rings. The van der Waals surface area contributed by atoms with E-state index in [1.807, 2.05) is 27.7 Å². The summed E-state index contributed by atoms with van der Waals surface area (Å²) >= 11 is 0. The lowest BCUT2D eigenvalue weighted by atomic mass is 9.93. The van der Waals surface area contributed by atoms with Crippen LogP contribution in [-0.4, -0.2) is 49.1 Å². The van der Waals surface area contributed by atoms with Gasteiger partial charge in [0.15, 0.2) is 0 Å². The Morgan fingerprint density at radius 2 is 1.83 bits per heavy atom. The van der Waals surface area contributed by atoms with Crippen molar-refractivity contribution in [3.63, 3.8) is 0 Å². The van der Waals surface area contributed by atoms with Gasteiger partial charge in [-0.2, -0.15) is 0 Å². The molecule has 0 saturated carbocycles. The number of hydrogen-bond donors (Lipinski definition) is 1. The number of carbonyl (C=O) groups excluding carboxylic acids is 2. The third kappa shape index (κ3) is 3.02. The van der Waals surface area contributed by atoms with Gasteiger partial charge in [0.1, 0.15) is 12.1 Å². The molecule has 1 fully saturated rings. The van der Waals surface area contributed by atoms with Gasteiger partial charge in [0.2, 0.25) is 11.8 Å². The highest BCUT2D eigenvalue weighted by Gasteiger charge is 2.42. The van der Waals surface area contributed by atoms with Gasteiger partial charge in [-0.1, -0.05) is 27.7 Å². The summed E-state index contributed by atoms with van der Waals surface area (Å²) in [5.74, 6) is 0.137. The van der Waals surface area contributed by atoms with Gasteiger partial charge in [-0.25, -0.2) is 0 Å². The van der Waals surface area contributed by atoms with Crippen LogP contribution in [0.15, 0.2) is 0 Å². The van der Waals surface area contributed by atoms with E-state index in [0.29, 0.717) is 13.2 Å². The summed E-state index contributed by atoms with van der Waals surface area (Å²) in [5.41, 5.74) is 0. The van der Waals surface area contributed by atoms with E-state index < -0.39 is 6.04 Å². The molecule has 5 heteroatoms. The normalized spacial score (nSPS) is 24.9. The summed E-state index contributed by atoms with van der Waals surface area (Å²) in [6.07, 6.45) is 0. The topological polar surface area (TPSA) is 58.6 Å². The van der Waals surface area contributed by atoms with Crippen LogP contribution in [-0.2, 0) is 14.3 Å². The number of nitrogens with one attached hydrogen (secondary N) is 1. The average molecular weight is 256 g/mol. The molecule has 1 N–H and O–H groups in total. The molecule has 1 heterocycles. The summed E-state index contributed by atoms with van der Waals surface area (Å²) in [6.45, 7) is 8.70. The van der Waals surface area contributed by atoms with E-state index in [4.69, 9.17) is 4.74 Å². The third-order valence-electron chi connectivity index (χ3n) is 3.29. The fraction of sp³-hybridized carbons (Fsp3) is 0.846. The van der Waals surface area contributed by atoms with Crippen LogP contribution in [0.1, 0.15) is 27.7 Å². The van der Waals surface area contributed by atoms with Crippen LogP contribution in [0, 0.1) is 11.8 Å². The van der Waals surface area contributed by atoms with Gasteiger partial charge in [0, 0.05) is 13.7 Å². The van der Waals surface area contributed by atoms with Crippen molar-refractivity contribution >= 4 is 11.8 Å². The summed E-state index contributed by atoms with van der Waals surface area (Å²) in [5, 5.41) is 2.83. The lowest BCUT2D eigenvalue weighted by Gasteiger charge is -2.41. The minimum atomic E-state index is -0.413. The first-order valence-corrected chi connectivity index (χ1v) is 6.50. The second kappa shape index (κ2) is 6.18. The lowest BCUT2D eigenvalue weighted by Crippen LogP contribution is -2.66. The minimum absolute atomic E-state index is 0.000324. The fourth-order valence-corrected chi connectivity index (χ4v) is 2.31. The number of hydrogen-bond acceptors (Lipinski definition) is 3. The monoisotopic (exact) mass is 256 g/mol. The largest absolute Gasteiger partial charge is 0.383 e. The number of amides is 2. The Balaban J connectivity index is 2.93. The van der Waals surface area contributed by atoms with Crippen molar-refractivity contribution in [1.82, 2.24) is 10.2 Å². The van der Waals surface area contributed by atoms with E-state index in [9.17, 15) is 9.59 Å². The van der Waals surface area contributed by atoms with Gasteiger partial charge >= 0.3 is 0 Å². The Kier molecular flexibility index (Phi) is 5.14. The van der Waals surface area contributed by atoms with Crippen molar-refractivity contribution in [3.05, 3.63) is 0 Å². The van der Waals surface area contributed by atoms with Crippen LogP contribution < -0.4 is 5.32 Å². The van der Waals surface area contributed by atoms with Gasteiger partial charge < -0.3 is 15.0 Å². The molecule has 0 aromatic heterocycles. The Hall–Kier alpha value is -1.10. The van der Waals surface area contributed by atoms with Crippen LogP contribution in [0.5, 0.6) is 0 Å². The molecule has 2 amide bonds. The Morgan fingerprint density at radius 1 is 1.22 bits per heavy atom. The molecular weight excluding hydrogens is 232 g/mol. The Morgan fingerprint density at radius 3 is 2.28 bits per heavy atom. The van der Waals surface area contributed by atoms with Crippen LogP contribution in [0.4, 0.5) is 0 Å². The molecular formula is C13H24N2O3. The molecule has 5 nitrogen and oxygen atoms in total. The predicted molar refractivity (Wildman–Crippen MR) is 69.0 cm³/mol. The van der Waals surface area contributed by atoms with Crippen molar-refractivity contribution in [3.8, 4) is 0 Å². The molecule has 0 aromatic rings. The van der Waals surface area contributed by atoms with Gasteiger partial charge in [0.05, 0.1) is 6.61 Å². The minimum Gasteiger partial charge on any atom is -0.383 e. The number of ether oxygens (including phenoxy) is 1. The number of methoxy groups -OCH3 is 1. The zero-order chi connectivity index (χ0) is 13.9. The highest BCUT2D eigenvalue weighted by Crippen LogP contribution is 2.20. The predicted octanol–water partition coefficient (Wildman–Crippen LogP) is 0.640. The standard InChI is InChI=1S/C13H24N2O3/c1-8(2)10-13(17)15(6-7-18-5)11(9(3)4)12(16)14-10/h8-11H,6-7H2,1-5H3,(H,14,16). The molecule has 1 rings (SSSR count). The van der Waals surface area contributed by atoms with Crippen LogP contribution >= 0.6 is 0 Å². The first-order valence-electron chi connectivity index (χ1n) is 6.50. The van der Waals surface area contributed by atoms with E-state index in [1.165, 1.54) is 0 Å². The quantitative estimate of drug-likeness (QED) is 0.785. The van der Waals surface area contributed by atoms with Gasteiger partial charge in [0.25, 0.3) is 0 Å². The third-order valence-corrected chi connectivity index (χ3v) is 3.29. The number of rotatable bonds is 5. The second-order valence-electron chi connectivity index (χ2n) is 5.44. The van der Waals surface area contributed by atoms with Crippen LogP contribution in [0.25, 0.3) is 0 Å². The smallest absolute Gasteiger partial charge is 0.246 e. The molecule has 104 valence electrons. The van der Waals surface area contributed by atoms with E-state index in [0.717, 1.165) is 0 Å². The van der Waals surface area contributed by atoms with Crippen molar-refractivity contribution in [2.75, 3.05) is 20.3 Å². The van der Waals surface area contributed by atoms with Crippen molar-refractivity contribution in [1.29, 1.82) is 0 Å². The summed E-state index contributed by atoms with van der Waals surface area (Å²) in [6, 6.07) is -0.799. The zero-order valence-corrected chi connectivity index (χ0v) is 11.9. The molecule has 0 aliphatic carbocycles. The first kappa shape index (κ1) is 15.0. The maximum atomic E-state index is 12.4. The molecule has 18 heavy (non-hydrogen) atoms. The van der Waals surface area contributed by atoms with E-state index in [-0.39, 0.29) is 29.7 Å². The van der Waals surface area contributed by atoms with Crippen LogP contribution in [0.2, 0.25) is 0 Å². The Bertz CT molecular complexity index is 315. The van der Waals surface area contributed by atoms with Crippen molar-refractivity contribution in [2.45, 2.75) is 39.8 Å². The van der Waals surface area contributed by atoms with Gasteiger partial charge in [-0.15, -0.1) is 0 Å². The summed E-state index contributed by atoms with van der Waals surface area (Å²) < 4.78 is 5.03. The maximum absolute atomic E-state index is 12.4. The first-order chi connectivity index (χ1) is 8.40. The number of carbonyl (C=O) groups is 2. The molecule has 0 radical (unpaired) electrons. The van der Waals surface area contributed by atoms with Gasteiger partial charge in [-0.05, 0) is 11.8 Å². The van der Waals surface area contributed by atoms with E-state index in [1.54, 1.807) is 12.0 Å². The van der Waals surface area contributed by atoms with E-state index in [2.05, 4.69) is 5.32 Å². The molecule has 0 bridgehead atoms. The molecule has 1 saturated heterocycles. The molecule has 0 spiro atoms. The number of nitrogens with zero attached hydrogens (tertiary/aromatic N) is 1. The summed E-state index contributed by atoms with van der Waals surface area (Å²) in [4.78, 5) is 26.2. The van der Waals surface area contributed by atoms with Crippen molar-refractivity contribution < 1.29 is 14.3 Å². The average Bonchev–Trinajstić information content (AvgIpc) is 2.28. The van der Waals surface area contributed by atoms with Gasteiger partial charge in [-0.3, -0.25) is 9.59 Å². The molecule has 1 aliphatic heterocycles. The van der Waals surface area contributed by atoms with E-state index >= 15 is 0 Å². The SMILES string of the molecule is COCCN1C(=O)C(C(C)C)NC(=O)C1C(C)C. The zero-order valence-electron chi connectivity index (χ0n) is 11.9. The molecule has 2 atom stereocenters. The highest BCUT2D eigenvalue weighted by atomic mass is 16.5. The fourth-order valence-electron chi connectivity index (χ4n) is 2.31. The Labute approximate surface area is 109 Å².